The van der Waals surface area contributed by atoms with E-state index in [9.17, 15) is 13.2 Å². The SMILES string of the molecule is CC1(C)COc2cc(NS(=O)(=O)c3cccc4ccccc34)ccc2NC1=O. The van der Waals surface area contributed by atoms with E-state index in [1.54, 1.807) is 50.2 Å². The molecular weight excluding hydrogens is 376 g/mol. The molecule has 3 aromatic rings. The van der Waals surface area contributed by atoms with E-state index in [0.29, 0.717) is 22.5 Å². The molecule has 1 amide bonds. The van der Waals surface area contributed by atoms with Crippen LogP contribution in [0.2, 0.25) is 0 Å². The molecule has 0 bridgehead atoms. The first-order valence-corrected chi connectivity index (χ1v) is 10.3. The Balaban J connectivity index is 1.68. The molecule has 4 rings (SSSR count). The fourth-order valence-electron chi connectivity index (χ4n) is 3.06. The second-order valence-corrected chi connectivity index (χ2v) is 9.07. The van der Waals surface area contributed by atoms with Crippen molar-refractivity contribution < 1.29 is 17.9 Å². The van der Waals surface area contributed by atoms with Gasteiger partial charge in [-0.2, -0.15) is 0 Å². The second-order valence-electron chi connectivity index (χ2n) is 7.42. The average molecular weight is 396 g/mol. The third-order valence-corrected chi connectivity index (χ3v) is 6.16. The Labute approximate surface area is 163 Å². The van der Waals surface area contributed by atoms with E-state index in [2.05, 4.69) is 10.0 Å². The van der Waals surface area contributed by atoms with Gasteiger partial charge in [0.1, 0.15) is 12.4 Å². The van der Waals surface area contributed by atoms with Gasteiger partial charge in [0.05, 0.1) is 21.7 Å². The van der Waals surface area contributed by atoms with Crippen molar-refractivity contribution in [2.45, 2.75) is 18.7 Å². The Morgan fingerprint density at radius 2 is 1.79 bits per heavy atom. The van der Waals surface area contributed by atoms with Crippen molar-refractivity contribution in [2.24, 2.45) is 5.41 Å². The molecule has 0 aliphatic carbocycles. The van der Waals surface area contributed by atoms with Gasteiger partial charge < -0.3 is 10.1 Å². The molecule has 1 aliphatic heterocycles. The van der Waals surface area contributed by atoms with Crippen molar-refractivity contribution in [3.05, 3.63) is 60.7 Å². The minimum atomic E-state index is -3.80. The summed E-state index contributed by atoms with van der Waals surface area (Å²) in [4.78, 5) is 12.4. The number of carbonyl (C=O) groups is 1. The summed E-state index contributed by atoms with van der Waals surface area (Å²) in [5.41, 5.74) is 0.200. The van der Waals surface area contributed by atoms with E-state index < -0.39 is 15.4 Å². The number of anilines is 2. The summed E-state index contributed by atoms with van der Waals surface area (Å²) in [6.07, 6.45) is 0. The molecule has 0 fully saturated rings. The topological polar surface area (TPSA) is 84.5 Å². The van der Waals surface area contributed by atoms with Crippen molar-refractivity contribution in [1.82, 2.24) is 0 Å². The fraction of sp³-hybridized carbons (Fsp3) is 0.190. The van der Waals surface area contributed by atoms with Crippen LogP contribution in [0.25, 0.3) is 10.8 Å². The molecule has 0 spiro atoms. The number of sulfonamides is 1. The van der Waals surface area contributed by atoms with Gasteiger partial charge in [-0.15, -0.1) is 0 Å². The largest absolute Gasteiger partial charge is 0.490 e. The highest BCUT2D eigenvalue weighted by molar-refractivity contribution is 7.93. The van der Waals surface area contributed by atoms with Crippen molar-refractivity contribution in [3.8, 4) is 5.75 Å². The van der Waals surface area contributed by atoms with Gasteiger partial charge in [0.15, 0.2) is 0 Å². The van der Waals surface area contributed by atoms with Gasteiger partial charge in [-0.05, 0) is 37.4 Å². The van der Waals surface area contributed by atoms with Gasteiger partial charge in [0.2, 0.25) is 5.91 Å². The third-order valence-electron chi connectivity index (χ3n) is 4.72. The first-order chi connectivity index (χ1) is 13.3. The number of ether oxygens (including phenoxy) is 1. The van der Waals surface area contributed by atoms with E-state index >= 15 is 0 Å². The maximum atomic E-state index is 13.0. The van der Waals surface area contributed by atoms with Gasteiger partial charge in [-0.25, -0.2) is 8.42 Å². The minimum absolute atomic E-state index is 0.143. The lowest BCUT2D eigenvalue weighted by molar-refractivity contribution is -0.124. The standard InChI is InChI=1S/C21H20N2O4S/c1-21(2)13-27-18-12-15(10-11-17(18)22-20(21)24)23-28(25,26)19-9-5-7-14-6-3-4-8-16(14)19/h3-12,23H,13H2,1-2H3,(H,22,24). The molecular formula is C21H20N2O4S. The number of carbonyl (C=O) groups excluding carboxylic acids is 1. The summed E-state index contributed by atoms with van der Waals surface area (Å²) >= 11 is 0. The highest BCUT2D eigenvalue weighted by Crippen LogP contribution is 2.35. The van der Waals surface area contributed by atoms with Crippen LogP contribution in [0, 0.1) is 5.41 Å². The van der Waals surface area contributed by atoms with Gasteiger partial charge in [0.25, 0.3) is 10.0 Å². The van der Waals surface area contributed by atoms with E-state index in [1.807, 2.05) is 24.3 Å². The Morgan fingerprint density at radius 1 is 1.04 bits per heavy atom. The Hall–Kier alpha value is -3.06. The number of nitrogens with one attached hydrogen (secondary N) is 2. The Kier molecular flexibility index (Phi) is 4.27. The van der Waals surface area contributed by atoms with Crippen LogP contribution < -0.4 is 14.8 Å². The third kappa shape index (κ3) is 3.29. The van der Waals surface area contributed by atoms with Gasteiger partial charge in [0, 0.05) is 11.5 Å². The monoisotopic (exact) mass is 396 g/mol. The van der Waals surface area contributed by atoms with Crippen molar-refractivity contribution in [3.63, 3.8) is 0 Å². The summed E-state index contributed by atoms with van der Waals surface area (Å²) in [7, 11) is -3.80. The highest BCUT2D eigenvalue weighted by Gasteiger charge is 2.32. The summed E-state index contributed by atoms with van der Waals surface area (Å²) in [6.45, 7) is 3.78. The normalized spacial score (nSPS) is 15.9. The molecule has 7 heteroatoms. The maximum Gasteiger partial charge on any atom is 0.262 e. The Morgan fingerprint density at radius 3 is 2.61 bits per heavy atom. The molecule has 3 aromatic carbocycles. The lowest BCUT2D eigenvalue weighted by Crippen LogP contribution is -2.33. The number of amides is 1. The molecule has 0 saturated heterocycles. The van der Waals surface area contributed by atoms with Crippen LogP contribution in [0.5, 0.6) is 5.75 Å². The van der Waals surface area contributed by atoms with Crippen LogP contribution in [0.4, 0.5) is 11.4 Å². The number of hydrogen-bond donors (Lipinski definition) is 2. The zero-order valence-corrected chi connectivity index (χ0v) is 16.3. The predicted molar refractivity (Wildman–Crippen MR) is 109 cm³/mol. The quantitative estimate of drug-likeness (QED) is 0.701. The maximum absolute atomic E-state index is 13.0. The average Bonchev–Trinajstić information content (AvgIpc) is 2.77. The molecule has 2 N–H and O–H groups in total. The lowest BCUT2D eigenvalue weighted by atomic mass is 9.94. The van der Waals surface area contributed by atoms with Crippen LogP contribution in [0.15, 0.2) is 65.6 Å². The summed E-state index contributed by atoms with van der Waals surface area (Å²) < 4.78 is 34.3. The lowest BCUT2D eigenvalue weighted by Gasteiger charge is -2.18. The van der Waals surface area contributed by atoms with E-state index in [4.69, 9.17) is 4.74 Å². The van der Waals surface area contributed by atoms with Crippen molar-refractivity contribution in [2.75, 3.05) is 16.6 Å². The van der Waals surface area contributed by atoms with Gasteiger partial charge in [-0.1, -0.05) is 36.4 Å². The second kappa shape index (κ2) is 6.53. The minimum Gasteiger partial charge on any atom is -0.490 e. The molecule has 0 atom stereocenters. The van der Waals surface area contributed by atoms with Crippen LogP contribution in [0.3, 0.4) is 0 Å². The van der Waals surface area contributed by atoms with Crippen LogP contribution in [0.1, 0.15) is 13.8 Å². The summed E-state index contributed by atoms with van der Waals surface area (Å²) in [6, 6.07) is 17.3. The molecule has 0 aromatic heterocycles. The van der Waals surface area contributed by atoms with Crippen LogP contribution >= 0.6 is 0 Å². The first-order valence-electron chi connectivity index (χ1n) is 8.85. The van der Waals surface area contributed by atoms with Gasteiger partial charge in [-0.3, -0.25) is 9.52 Å². The van der Waals surface area contributed by atoms with E-state index in [1.165, 1.54) is 0 Å². The van der Waals surface area contributed by atoms with Crippen molar-refractivity contribution >= 4 is 38.1 Å². The predicted octanol–water partition coefficient (Wildman–Crippen LogP) is 4.00. The molecule has 144 valence electrons. The fourth-order valence-corrected chi connectivity index (χ4v) is 4.34. The van der Waals surface area contributed by atoms with Crippen molar-refractivity contribution in [1.29, 1.82) is 0 Å². The summed E-state index contributed by atoms with van der Waals surface area (Å²) in [5, 5.41) is 4.32. The smallest absolute Gasteiger partial charge is 0.262 e. The molecule has 0 saturated carbocycles. The first kappa shape index (κ1) is 18.3. The zero-order valence-electron chi connectivity index (χ0n) is 15.5. The highest BCUT2D eigenvalue weighted by atomic mass is 32.2. The number of fused-ring (bicyclic) bond motifs is 2. The number of rotatable bonds is 3. The van der Waals surface area contributed by atoms with E-state index in [-0.39, 0.29) is 17.4 Å². The molecule has 6 nitrogen and oxygen atoms in total. The molecule has 0 radical (unpaired) electrons. The summed E-state index contributed by atoms with van der Waals surface area (Å²) in [5.74, 6) is 0.285. The number of benzene rings is 3. The van der Waals surface area contributed by atoms with Crippen LogP contribution in [-0.4, -0.2) is 20.9 Å². The molecule has 1 aliphatic rings. The molecule has 1 heterocycles. The zero-order chi connectivity index (χ0) is 19.9. The molecule has 28 heavy (non-hydrogen) atoms. The van der Waals surface area contributed by atoms with E-state index in [0.717, 1.165) is 5.39 Å². The Bertz CT molecular complexity index is 1180. The molecule has 0 unspecified atom stereocenters. The van der Waals surface area contributed by atoms with Gasteiger partial charge >= 0.3 is 0 Å². The number of hydrogen-bond acceptors (Lipinski definition) is 4. The van der Waals surface area contributed by atoms with Crippen LogP contribution in [-0.2, 0) is 14.8 Å².